The summed E-state index contributed by atoms with van der Waals surface area (Å²) in [4.78, 5) is 0. The number of hydrogen-bond acceptors (Lipinski definition) is 0. The molecule has 3 aromatic rings. The largest absolute Gasteiger partial charge is 0.206 e. The third kappa shape index (κ3) is 4.45. The van der Waals surface area contributed by atoms with E-state index in [4.69, 9.17) is 0 Å². The first-order valence-electron chi connectivity index (χ1n) is 11.1. The van der Waals surface area contributed by atoms with Crippen molar-refractivity contribution in [1.82, 2.24) is 0 Å². The van der Waals surface area contributed by atoms with E-state index in [1.54, 1.807) is 6.07 Å². The van der Waals surface area contributed by atoms with E-state index in [1.807, 2.05) is 18.2 Å². The van der Waals surface area contributed by atoms with Gasteiger partial charge in [-0.1, -0.05) is 61.9 Å². The highest BCUT2D eigenvalue weighted by atomic mass is 19.1. The molecule has 150 valence electrons. The third-order valence-electron chi connectivity index (χ3n) is 6.74. The van der Waals surface area contributed by atoms with Gasteiger partial charge in [0.1, 0.15) is 5.82 Å². The van der Waals surface area contributed by atoms with Crippen molar-refractivity contribution < 1.29 is 4.39 Å². The first-order chi connectivity index (χ1) is 14.2. The van der Waals surface area contributed by atoms with Crippen LogP contribution >= 0.6 is 0 Å². The SMILES string of the molecule is C=CCCc1ccc2cc(-c3ccc(C4CCC(CC)CC4)cc3F)ccc2c1. The smallest absolute Gasteiger partial charge is 0.131 e. The van der Waals surface area contributed by atoms with E-state index in [9.17, 15) is 0 Å². The summed E-state index contributed by atoms with van der Waals surface area (Å²) in [6, 6.07) is 18.7. The Labute approximate surface area is 174 Å². The Hall–Kier alpha value is -2.41. The Bertz CT molecular complexity index is 992. The summed E-state index contributed by atoms with van der Waals surface area (Å²) in [5, 5.41) is 2.37. The van der Waals surface area contributed by atoms with Gasteiger partial charge in [0.25, 0.3) is 0 Å². The van der Waals surface area contributed by atoms with Gasteiger partial charge in [0, 0.05) is 5.56 Å². The molecule has 0 aliphatic heterocycles. The first kappa shape index (κ1) is 19.9. The molecule has 0 spiro atoms. The van der Waals surface area contributed by atoms with Gasteiger partial charge in [-0.3, -0.25) is 0 Å². The molecular formula is C28H31F. The maximum absolute atomic E-state index is 15.0. The molecule has 1 saturated carbocycles. The van der Waals surface area contributed by atoms with Gasteiger partial charge in [-0.05, 0) is 90.0 Å². The fourth-order valence-electron chi connectivity index (χ4n) is 4.81. The highest BCUT2D eigenvalue weighted by Crippen LogP contribution is 2.38. The lowest BCUT2D eigenvalue weighted by Crippen LogP contribution is -2.12. The maximum Gasteiger partial charge on any atom is 0.131 e. The fourth-order valence-corrected chi connectivity index (χ4v) is 4.81. The molecule has 0 saturated heterocycles. The van der Waals surface area contributed by atoms with Crippen molar-refractivity contribution in [3.63, 3.8) is 0 Å². The van der Waals surface area contributed by atoms with Gasteiger partial charge in [-0.15, -0.1) is 6.58 Å². The standard InChI is InChI=1S/C28H31F/c1-3-5-6-21-9-12-24-18-26(14-13-23(24)17-21)27-16-15-25(19-28(27)29)22-10-7-20(4-2)8-11-22/h3,9,12-20,22H,1,4-8,10-11H2,2H3. The van der Waals surface area contributed by atoms with E-state index >= 15 is 4.39 Å². The van der Waals surface area contributed by atoms with Crippen LogP contribution in [0.2, 0.25) is 0 Å². The Morgan fingerprint density at radius 1 is 0.931 bits per heavy atom. The summed E-state index contributed by atoms with van der Waals surface area (Å²) in [5.74, 6) is 1.29. The molecule has 0 aromatic heterocycles. The second kappa shape index (κ2) is 8.95. The van der Waals surface area contributed by atoms with Crippen LogP contribution in [0.3, 0.4) is 0 Å². The minimum Gasteiger partial charge on any atom is -0.206 e. The summed E-state index contributed by atoms with van der Waals surface area (Å²) < 4.78 is 15.0. The molecule has 0 N–H and O–H groups in total. The van der Waals surface area contributed by atoms with Gasteiger partial charge in [0.05, 0.1) is 0 Å². The van der Waals surface area contributed by atoms with Gasteiger partial charge in [-0.2, -0.15) is 0 Å². The fraction of sp³-hybridized carbons (Fsp3) is 0.357. The monoisotopic (exact) mass is 386 g/mol. The molecule has 0 atom stereocenters. The number of rotatable bonds is 6. The van der Waals surface area contributed by atoms with Gasteiger partial charge in [-0.25, -0.2) is 4.39 Å². The van der Waals surface area contributed by atoms with Crippen molar-refractivity contribution in [3.8, 4) is 11.1 Å². The van der Waals surface area contributed by atoms with Crippen LogP contribution in [-0.2, 0) is 6.42 Å². The molecule has 0 heterocycles. The van der Waals surface area contributed by atoms with Crippen molar-refractivity contribution in [1.29, 1.82) is 0 Å². The molecule has 3 aromatic carbocycles. The average Bonchev–Trinajstić information content (AvgIpc) is 2.77. The van der Waals surface area contributed by atoms with Crippen LogP contribution in [0.15, 0.2) is 67.3 Å². The van der Waals surface area contributed by atoms with E-state index in [0.29, 0.717) is 11.5 Å². The molecular weight excluding hydrogens is 355 g/mol. The molecule has 1 aliphatic rings. The summed E-state index contributed by atoms with van der Waals surface area (Å²) >= 11 is 0. The Kier molecular flexibility index (Phi) is 6.13. The second-order valence-corrected chi connectivity index (χ2v) is 8.59. The molecule has 0 bridgehead atoms. The van der Waals surface area contributed by atoms with Crippen molar-refractivity contribution in [2.24, 2.45) is 5.92 Å². The van der Waals surface area contributed by atoms with E-state index in [-0.39, 0.29) is 5.82 Å². The van der Waals surface area contributed by atoms with Crippen molar-refractivity contribution >= 4 is 10.8 Å². The summed E-state index contributed by atoms with van der Waals surface area (Å²) in [5.41, 5.74) is 4.15. The van der Waals surface area contributed by atoms with Gasteiger partial charge in [0.15, 0.2) is 0 Å². The predicted molar refractivity (Wildman–Crippen MR) is 123 cm³/mol. The number of fused-ring (bicyclic) bond motifs is 1. The average molecular weight is 387 g/mol. The second-order valence-electron chi connectivity index (χ2n) is 8.59. The van der Waals surface area contributed by atoms with Crippen LogP contribution in [0.1, 0.15) is 62.5 Å². The summed E-state index contributed by atoms with van der Waals surface area (Å²) in [6.07, 6.45) is 10.2. The van der Waals surface area contributed by atoms with Crippen LogP contribution in [0.4, 0.5) is 4.39 Å². The normalized spacial score (nSPS) is 19.4. The van der Waals surface area contributed by atoms with Crippen LogP contribution < -0.4 is 0 Å². The Morgan fingerprint density at radius 2 is 1.69 bits per heavy atom. The van der Waals surface area contributed by atoms with E-state index in [2.05, 4.69) is 49.9 Å². The van der Waals surface area contributed by atoms with E-state index < -0.39 is 0 Å². The highest BCUT2D eigenvalue weighted by Gasteiger charge is 2.22. The quantitative estimate of drug-likeness (QED) is 0.373. The van der Waals surface area contributed by atoms with Crippen molar-refractivity contribution in [3.05, 3.63) is 84.2 Å². The molecule has 29 heavy (non-hydrogen) atoms. The molecule has 0 radical (unpaired) electrons. The minimum absolute atomic E-state index is 0.0953. The Balaban J connectivity index is 1.56. The van der Waals surface area contributed by atoms with Crippen LogP contribution in [0.25, 0.3) is 21.9 Å². The molecule has 1 aliphatic carbocycles. The molecule has 1 fully saturated rings. The van der Waals surface area contributed by atoms with Gasteiger partial charge in [0.2, 0.25) is 0 Å². The van der Waals surface area contributed by atoms with Gasteiger partial charge < -0.3 is 0 Å². The van der Waals surface area contributed by atoms with Crippen LogP contribution in [0.5, 0.6) is 0 Å². The predicted octanol–water partition coefficient (Wildman–Crippen LogP) is 8.45. The highest BCUT2D eigenvalue weighted by molar-refractivity contribution is 5.88. The van der Waals surface area contributed by atoms with E-state index in [0.717, 1.165) is 29.7 Å². The zero-order valence-electron chi connectivity index (χ0n) is 17.5. The molecule has 0 unspecified atom stereocenters. The molecule has 4 rings (SSSR count). The van der Waals surface area contributed by atoms with Crippen LogP contribution in [0, 0.1) is 11.7 Å². The van der Waals surface area contributed by atoms with Crippen LogP contribution in [-0.4, -0.2) is 0 Å². The lowest BCUT2D eigenvalue weighted by molar-refractivity contribution is 0.318. The zero-order valence-corrected chi connectivity index (χ0v) is 17.5. The van der Waals surface area contributed by atoms with Crippen molar-refractivity contribution in [2.75, 3.05) is 0 Å². The number of benzene rings is 3. The lowest BCUT2D eigenvalue weighted by Gasteiger charge is -2.28. The number of hydrogen-bond donors (Lipinski definition) is 0. The Morgan fingerprint density at radius 3 is 2.41 bits per heavy atom. The molecule has 0 amide bonds. The zero-order chi connectivity index (χ0) is 20.2. The number of halogens is 1. The topological polar surface area (TPSA) is 0 Å². The minimum atomic E-state index is -0.0953. The lowest BCUT2D eigenvalue weighted by atomic mass is 9.77. The third-order valence-corrected chi connectivity index (χ3v) is 6.74. The van der Waals surface area contributed by atoms with Gasteiger partial charge >= 0.3 is 0 Å². The number of allylic oxidation sites excluding steroid dienone is 1. The van der Waals surface area contributed by atoms with Crippen molar-refractivity contribution in [2.45, 2.75) is 57.8 Å². The molecule has 0 nitrogen and oxygen atoms in total. The maximum atomic E-state index is 15.0. The summed E-state index contributed by atoms with van der Waals surface area (Å²) in [6.45, 7) is 6.08. The van der Waals surface area contributed by atoms with E-state index in [1.165, 1.54) is 48.6 Å². The molecule has 1 heteroatoms. The first-order valence-corrected chi connectivity index (χ1v) is 11.1. The number of aryl methyl sites for hydroxylation is 1. The summed E-state index contributed by atoms with van der Waals surface area (Å²) in [7, 11) is 0.